The Kier molecular flexibility index (Phi) is 5.56. The van der Waals surface area contributed by atoms with Crippen molar-refractivity contribution in [1.82, 2.24) is 5.43 Å². The van der Waals surface area contributed by atoms with Crippen LogP contribution in [0.2, 0.25) is 5.02 Å². The molecule has 0 spiro atoms. The van der Waals surface area contributed by atoms with E-state index in [0.717, 1.165) is 17.7 Å². The van der Waals surface area contributed by atoms with E-state index in [-0.39, 0.29) is 0 Å². The first-order valence-electron chi connectivity index (χ1n) is 6.79. The second kappa shape index (κ2) is 7.41. The SMILES string of the molecule is CCCOc1ccc(C(NN)c2ccc(Cl)cc2F)cc1. The van der Waals surface area contributed by atoms with E-state index in [4.69, 9.17) is 22.2 Å². The number of rotatable bonds is 6. The Morgan fingerprint density at radius 2 is 1.95 bits per heavy atom. The Morgan fingerprint density at radius 1 is 1.24 bits per heavy atom. The first-order valence-corrected chi connectivity index (χ1v) is 7.17. The van der Waals surface area contributed by atoms with Gasteiger partial charge in [-0.1, -0.05) is 36.7 Å². The van der Waals surface area contributed by atoms with Gasteiger partial charge in [-0.2, -0.15) is 0 Å². The molecule has 0 saturated carbocycles. The molecule has 2 aromatic rings. The summed E-state index contributed by atoms with van der Waals surface area (Å²) in [6, 6.07) is 11.5. The molecule has 0 aliphatic rings. The molecule has 0 aliphatic heterocycles. The first kappa shape index (κ1) is 15.8. The lowest BCUT2D eigenvalue weighted by Crippen LogP contribution is -2.29. The fourth-order valence-electron chi connectivity index (χ4n) is 2.08. The van der Waals surface area contributed by atoms with Gasteiger partial charge in [0.25, 0.3) is 0 Å². The highest BCUT2D eigenvalue weighted by Gasteiger charge is 2.16. The average Bonchev–Trinajstić information content (AvgIpc) is 2.49. The van der Waals surface area contributed by atoms with Crippen molar-refractivity contribution in [2.45, 2.75) is 19.4 Å². The van der Waals surface area contributed by atoms with Crippen LogP contribution in [0.1, 0.15) is 30.5 Å². The summed E-state index contributed by atoms with van der Waals surface area (Å²) in [5.74, 6) is 5.97. The van der Waals surface area contributed by atoms with Crippen LogP contribution >= 0.6 is 11.6 Å². The van der Waals surface area contributed by atoms with E-state index >= 15 is 0 Å². The van der Waals surface area contributed by atoms with Crippen molar-refractivity contribution < 1.29 is 9.13 Å². The van der Waals surface area contributed by atoms with Gasteiger partial charge in [0.2, 0.25) is 0 Å². The molecular formula is C16H18ClFN2O. The second-order valence-electron chi connectivity index (χ2n) is 4.68. The number of ether oxygens (including phenoxy) is 1. The molecule has 2 rings (SSSR count). The zero-order valence-corrected chi connectivity index (χ0v) is 12.5. The van der Waals surface area contributed by atoms with Crippen LogP contribution in [0, 0.1) is 5.82 Å². The number of nitrogens with two attached hydrogens (primary N) is 1. The van der Waals surface area contributed by atoms with Gasteiger partial charge < -0.3 is 4.74 Å². The third-order valence-electron chi connectivity index (χ3n) is 3.13. The monoisotopic (exact) mass is 308 g/mol. The van der Waals surface area contributed by atoms with E-state index in [1.165, 1.54) is 6.07 Å². The summed E-state index contributed by atoms with van der Waals surface area (Å²) >= 11 is 5.77. The van der Waals surface area contributed by atoms with E-state index in [0.29, 0.717) is 17.2 Å². The molecule has 0 heterocycles. The maximum Gasteiger partial charge on any atom is 0.129 e. The van der Waals surface area contributed by atoms with Gasteiger partial charge in [0.05, 0.1) is 12.6 Å². The molecule has 2 aromatic carbocycles. The second-order valence-corrected chi connectivity index (χ2v) is 5.12. The number of benzene rings is 2. The van der Waals surface area contributed by atoms with Crippen LogP contribution in [0.3, 0.4) is 0 Å². The number of hydrogen-bond acceptors (Lipinski definition) is 3. The third kappa shape index (κ3) is 3.94. The minimum atomic E-state index is -0.442. The van der Waals surface area contributed by atoms with Gasteiger partial charge in [0.15, 0.2) is 0 Å². The molecule has 0 radical (unpaired) electrons. The Balaban J connectivity index is 2.24. The molecule has 112 valence electrons. The summed E-state index contributed by atoms with van der Waals surface area (Å²) in [5.41, 5.74) is 3.93. The summed E-state index contributed by atoms with van der Waals surface area (Å²) in [6.45, 7) is 2.72. The van der Waals surface area contributed by atoms with Gasteiger partial charge in [0.1, 0.15) is 11.6 Å². The minimum absolute atomic E-state index is 0.357. The highest BCUT2D eigenvalue weighted by Crippen LogP contribution is 2.27. The molecule has 1 atom stereocenters. The molecule has 3 nitrogen and oxygen atoms in total. The van der Waals surface area contributed by atoms with Crippen LogP contribution < -0.4 is 16.0 Å². The summed E-state index contributed by atoms with van der Waals surface area (Å²) in [4.78, 5) is 0. The average molecular weight is 309 g/mol. The highest BCUT2D eigenvalue weighted by molar-refractivity contribution is 6.30. The van der Waals surface area contributed by atoms with Crippen LogP contribution in [-0.2, 0) is 0 Å². The van der Waals surface area contributed by atoms with Crippen LogP contribution in [0.4, 0.5) is 4.39 Å². The van der Waals surface area contributed by atoms with E-state index in [1.807, 2.05) is 31.2 Å². The number of hydrazine groups is 1. The number of nitrogens with one attached hydrogen (secondary N) is 1. The molecule has 0 aliphatic carbocycles. The highest BCUT2D eigenvalue weighted by atomic mass is 35.5. The maximum absolute atomic E-state index is 14.0. The Morgan fingerprint density at radius 3 is 2.52 bits per heavy atom. The number of hydrogen-bond donors (Lipinski definition) is 2. The largest absolute Gasteiger partial charge is 0.494 e. The van der Waals surface area contributed by atoms with Crippen molar-refractivity contribution in [2.24, 2.45) is 5.84 Å². The van der Waals surface area contributed by atoms with Crippen molar-refractivity contribution in [3.05, 3.63) is 64.4 Å². The van der Waals surface area contributed by atoms with E-state index in [1.54, 1.807) is 12.1 Å². The minimum Gasteiger partial charge on any atom is -0.494 e. The summed E-state index contributed by atoms with van der Waals surface area (Å²) in [5, 5.41) is 0.357. The van der Waals surface area contributed by atoms with Crippen molar-refractivity contribution in [3.63, 3.8) is 0 Å². The molecule has 0 saturated heterocycles. The maximum atomic E-state index is 14.0. The lowest BCUT2D eigenvalue weighted by molar-refractivity contribution is 0.317. The van der Waals surface area contributed by atoms with Crippen molar-refractivity contribution in [3.8, 4) is 5.75 Å². The molecule has 0 amide bonds. The van der Waals surface area contributed by atoms with Gasteiger partial charge in [-0.3, -0.25) is 5.84 Å². The van der Waals surface area contributed by atoms with E-state index in [9.17, 15) is 4.39 Å². The van der Waals surface area contributed by atoms with Crippen molar-refractivity contribution in [1.29, 1.82) is 0 Å². The molecular weight excluding hydrogens is 291 g/mol. The van der Waals surface area contributed by atoms with Crippen molar-refractivity contribution in [2.75, 3.05) is 6.61 Å². The summed E-state index contributed by atoms with van der Waals surface area (Å²) in [7, 11) is 0. The predicted octanol–water partition coefficient (Wildman–Crippen LogP) is 3.82. The zero-order valence-electron chi connectivity index (χ0n) is 11.8. The normalized spacial score (nSPS) is 12.2. The van der Waals surface area contributed by atoms with Gasteiger partial charge in [-0.05, 0) is 36.2 Å². The molecule has 0 aromatic heterocycles. The molecule has 3 N–H and O–H groups in total. The molecule has 5 heteroatoms. The smallest absolute Gasteiger partial charge is 0.129 e. The summed E-state index contributed by atoms with van der Waals surface area (Å²) in [6.07, 6.45) is 0.949. The van der Waals surface area contributed by atoms with E-state index in [2.05, 4.69) is 5.43 Å². The van der Waals surface area contributed by atoms with Crippen LogP contribution in [0.25, 0.3) is 0 Å². The first-order chi connectivity index (χ1) is 10.2. The van der Waals surface area contributed by atoms with Crippen molar-refractivity contribution >= 4 is 11.6 Å². The fourth-order valence-corrected chi connectivity index (χ4v) is 2.24. The van der Waals surface area contributed by atoms with E-state index < -0.39 is 11.9 Å². The molecule has 21 heavy (non-hydrogen) atoms. The van der Waals surface area contributed by atoms with Gasteiger partial charge in [-0.25, -0.2) is 9.82 Å². The topological polar surface area (TPSA) is 47.3 Å². The van der Waals surface area contributed by atoms with Crippen LogP contribution in [0.15, 0.2) is 42.5 Å². The molecule has 1 unspecified atom stereocenters. The van der Waals surface area contributed by atoms with Gasteiger partial charge in [-0.15, -0.1) is 0 Å². The number of halogens is 2. The van der Waals surface area contributed by atoms with Crippen LogP contribution in [0.5, 0.6) is 5.75 Å². The third-order valence-corrected chi connectivity index (χ3v) is 3.36. The Hall–Kier alpha value is -1.62. The van der Waals surface area contributed by atoms with Crippen LogP contribution in [-0.4, -0.2) is 6.61 Å². The van der Waals surface area contributed by atoms with Gasteiger partial charge >= 0.3 is 0 Å². The Bertz CT molecular complexity index is 589. The fraction of sp³-hybridized carbons (Fsp3) is 0.250. The zero-order chi connectivity index (χ0) is 15.2. The standard InChI is InChI=1S/C16H18ClFN2O/c1-2-9-21-13-6-3-11(4-7-13)16(20-19)14-8-5-12(17)10-15(14)18/h3-8,10,16,20H,2,9,19H2,1H3. The Labute approximate surface area is 128 Å². The molecule has 0 bridgehead atoms. The lowest BCUT2D eigenvalue weighted by Gasteiger charge is -2.18. The molecule has 0 fully saturated rings. The van der Waals surface area contributed by atoms with Gasteiger partial charge in [0, 0.05) is 10.6 Å². The summed E-state index contributed by atoms with van der Waals surface area (Å²) < 4.78 is 19.5. The lowest BCUT2D eigenvalue weighted by atomic mass is 9.99. The quantitative estimate of drug-likeness (QED) is 0.630. The predicted molar refractivity (Wildman–Crippen MR) is 82.8 cm³/mol.